The highest BCUT2D eigenvalue weighted by Crippen LogP contribution is 2.38. The number of allylic oxidation sites excluding steroid dienone is 1. The van der Waals surface area contributed by atoms with Crippen LogP contribution in [0.4, 0.5) is 0 Å². The van der Waals surface area contributed by atoms with Crippen molar-refractivity contribution in [3.63, 3.8) is 0 Å². The van der Waals surface area contributed by atoms with Gasteiger partial charge in [0.05, 0.1) is 39.9 Å². The molecule has 3 atom stereocenters. The number of hydrogen-bond donors (Lipinski definition) is 2. The summed E-state index contributed by atoms with van der Waals surface area (Å²) in [7, 11) is 1.27. The summed E-state index contributed by atoms with van der Waals surface area (Å²) < 4.78 is 23.2. The molecule has 0 aromatic carbocycles. The third kappa shape index (κ3) is 39.5. The molecule has 0 fully saturated rings. The van der Waals surface area contributed by atoms with E-state index in [1.165, 1.54) is 161 Å². The third-order valence-electron chi connectivity index (χ3n) is 10.5. The van der Waals surface area contributed by atoms with E-state index >= 15 is 0 Å². The zero-order chi connectivity index (χ0) is 40.0. The number of nitrogens with one attached hydrogen (secondary N) is 1. The van der Waals surface area contributed by atoms with E-state index in [1.807, 2.05) is 27.2 Å². The number of likely N-dealkylation sites (N-methyl/N-ethyl adjacent to an activating group) is 1. The second-order valence-corrected chi connectivity index (χ2v) is 18.5. The monoisotopic (exact) mass is 787 g/mol. The van der Waals surface area contributed by atoms with E-state index < -0.39 is 20.0 Å². The first-order valence-corrected chi connectivity index (χ1v) is 24.5. The fourth-order valence-electron chi connectivity index (χ4n) is 6.80. The number of unbranched alkanes of at least 4 members (excludes halogenated alkanes) is 29. The normalized spacial score (nSPS) is 14.4. The Bertz CT molecular complexity index is 896. The number of hydrogen-bond acceptors (Lipinski definition) is 6. The van der Waals surface area contributed by atoms with E-state index in [9.17, 15) is 19.4 Å². The lowest BCUT2D eigenvalue weighted by Gasteiger charge is -2.29. The van der Waals surface area contributed by atoms with Crippen LogP contribution in [0.5, 0.6) is 0 Å². The molecule has 0 aliphatic rings. The minimum atomic E-state index is -4.58. The van der Waals surface area contributed by atoms with Crippen LogP contribution in [0.1, 0.15) is 219 Å². The van der Waals surface area contributed by atoms with Crippen LogP contribution in [0.15, 0.2) is 12.2 Å². The molecule has 0 saturated carbocycles. The van der Waals surface area contributed by atoms with E-state index in [0.717, 1.165) is 38.5 Å². The van der Waals surface area contributed by atoms with Crippen molar-refractivity contribution in [1.82, 2.24) is 5.32 Å². The van der Waals surface area contributed by atoms with Crippen LogP contribution in [0, 0.1) is 0 Å². The zero-order valence-corrected chi connectivity index (χ0v) is 37.3. The zero-order valence-electron chi connectivity index (χ0n) is 36.4. The summed E-state index contributed by atoms with van der Waals surface area (Å²) in [4.78, 5) is 25.3. The molecule has 0 spiro atoms. The average molecular weight is 787 g/mol. The molecule has 1 amide bonds. The van der Waals surface area contributed by atoms with Crippen LogP contribution < -0.4 is 10.2 Å². The molecule has 9 heteroatoms. The van der Waals surface area contributed by atoms with Gasteiger partial charge < -0.3 is 28.8 Å². The topological polar surface area (TPSA) is 108 Å². The Balaban J connectivity index is 4.32. The molecule has 0 heterocycles. The van der Waals surface area contributed by atoms with Gasteiger partial charge in [0, 0.05) is 6.42 Å². The molecule has 54 heavy (non-hydrogen) atoms. The second kappa shape index (κ2) is 37.8. The summed E-state index contributed by atoms with van der Waals surface area (Å²) in [5, 5.41) is 13.8. The van der Waals surface area contributed by atoms with Gasteiger partial charge in [-0.3, -0.25) is 9.36 Å². The van der Waals surface area contributed by atoms with Crippen LogP contribution in [0.3, 0.4) is 0 Å². The third-order valence-corrected chi connectivity index (χ3v) is 11.5. The van der Waals surface area contributed by atoms with Crippen LogP contribution >= 0.6 is 7.82 Å². The Labute approximate surface area is 335 Å². The highest BCUT2D eigenvalue weighted by Gasteiger charge is 2.23. The molecule has 8 nitrogen and oxygen atoms in total. The Kier molecular flexibility index (Phi) is 37.3. The molecular formula is C45H91N2O6P. The predicted octanol–water partition coefficient (Wildman–Crippen LogP) is 12.1. The molecule has 0 rings (SSSR count). The van der Waals surface area contributed by atoms with Crippen LogP contribution in [-0.4, -0.2) is 68.5 Å². The number of aliphatic hydroxyl groups is 1. The summed E-state index contributed by atoms with van der Waals surface area (Å²) in [6, 6.07) is -0.879. The molecule has 2 N–H and O–H groups in total. The number of carbonyl (C=O) groups is 1. The molecule has 0 aromatic heterocycles. The molecule has 1 unspecified atom stereocenters. The number of carbonyl (C=O) groups excluding carboxylic acids is 1. The van der Waals surface area contributed by atoms with E-state index in [2.05, 4.69) is 19.2 Å². The second-order valence-electron chi connectivity index (χ2n) is 17.1. The molecule has 0 radical (unpaired) electrons. The Morgan fingerprint density at radius 1 is 0.630 bits per heavy atom. The molecular weight excluding hydrogens is 695 g/mol. The van der Waals surface area contributed by atoms with Crippen molar-refractivity contribution in [1.29, 1.82) is 0 Å². The fourth-order valence-corrected chi connectivity index (χ4v) is 7.52. The summed E-state index contributed by atoms with van der Waals surface area (Å²) in [5.74, 6) is -0.194. The SMILES string of the molecule is CCCCCCCCCCCCC/C=C/[C@H](O)[C@@H](COP(=O)([O-])OCC[N+](C)(C)C)NC(=O)CCCCCCCCCCCCCCCCCCCCC. The highest BCUT2D eigenvalue weighted by molar-refractivity contribution is 7.45. The summed E-state index contributed by atoms with van der Waals surface area (Å²) in [6.07, 6.45) is 42.5. The lowest BCUT2D eigenvalue weighted by molar-refractivity contribution is -0.870. The van der Waals surface area contributed by atoms with Crippen molar-refractivity contribution in [2.75, 3.05) is 40.9 Å². The quantitative estimate of drug-likeness (QED) is 0.0276. The summed E-state index contributed by atoms with van der Waals surface area (Å²) in [6.45, 7) is 4.66. The van der Waals surface area contributed by atoms with Gasteiger partial charge in [0.15, 0.2) is 0 Å². The maximum Gasteiger partial charge on any atom is 0.268 e. The number of aliphatic hydroxyl groups excluding tert-OH is 1. The lowest BCUT2D eigenvalue weighted by Crippen LogP contribution is -2.45. The minimum Gasteiger partial charge on any atom is -0.756 e. The van der Waals surface area contributed by atoms with Gasteiger partial charge >= 0.3 is 0 Å². The highest BCUT2D eigenvalue weighted by atomic mass is 31.2. The van der Waals surface area contributed by atoms with Crippen molar-refractivity contribution in [3.8, 4) is 0 Å². The number of amides is 1. The largest absolute Gasteiger partial charge is 0.756 e. The number of phosphoric ester groups is 1. The number of quaternary nitrogens is 1. The number of phosphoric acid groups is 1. The molecule has 0 aromatic rings. The van der Waals surface area contributed by atoms with E-state index in [4.69, 9.17) is 9.05 Å². The van der Waals surface area contributed by atoms with Crippen LogP contribution in [0.2, 0.25) is 0 Å². The molecule has 0 aliphatic heterocycles. The summed E-state index contributed by atoms with van der Waals surface area (Å²) >= 11 is 0. The fraction of sp³-hybridized carbons (Fsp3) is 0.933. The van der Waals surface area contributed by atoms with Crippen LogP contribution in [-0.2, 0) is 18.4 Å². The van der Waals surface area contributed by atoms with Gasteiger partial charge in [-0.1, -0.05) is 206 Å². The molecule has 0 saturated heterocycles. The van der Waals surface area contributed by atoms with E-state index in [0.29, 0.717) is 17.4 Å². The first kappa shape index (κ1) is 53.2. The number of nitrogens with zero attached hydrogens (tertiary/aromatic N) is 1. The van der Waals surface area contributed by atoms with Crippen molar-refractivity contribution in [2.45, 2.75) is 231 Å². The standard InChI is InChI=1S/C45H91N2O6P/c1-6-8-10-12-14-16-18-20-21-22-23-24-25-27-29-31-33-35-37-39-45(49)46-43(42-53-54(50,51)52-41-40-47(3,4)5)44(48)38-36-34-32-30-28-26-19-17-15-13-11-9-7-2/h36,38,43-44,48H,6-35,37,39-42H2,1-5H3,(H-,46,49,50,51)/b38-36+/t43-,44+/m1/s1. The Morgan fingerprint density at radius 3 is 1.39 bits per heavy atom. The van der Waals surface area contributed by atoms with Crippen molar-refractivity contribution in [3.05, 3.63) is 12.2 Å². The van der Waals surface area contributed by atoms with Gasteiger partial charge in [-0.15, -0.1) is 0 Å². The van der Waals surface area contributed by atoms with E-state index in [1.54, 1.807) is 6.08 Å². The van der Waals surface area contributed by atoms with Gasteiger partial charge in [-0.05, 0) is 19.3 Å². The first-order chi connectivity index (χ1) is 26.0. The van der Waals surface area contributed by atoms with Crippen molar-refractivity contribution >= 4 is 13.7 Å². The smallest absolute Gasteiger partial charge is 0.268 e. The van der Waals surface area contributed by atoms with Crippen LogP contribution in [0.25, 0.3) is 0 Å². The Morgan fingerprint density at radius 2 is 1.00 bits per heavy atom. The average Bonchev–Trinajstić information content (AvgIpc) is 3.12. The maximum atomic E-state index is 12.9. The predicted molar refractivity (Wildman–Crippen MR) is 229 cm³/mol. The van der Waals surface area contributed by atoms with Gasteiger partial charge in [0.1, 0.15) is 13.2 Å². The number of rotatable bonds is 42. The van der Waals surface area contributed by atoms with Gasteiger partial charge in [0.25, 0.3) is 7.82 Å². The van der Waals surface area contributed by atoms with Crippen molar-refractivity contribution < 1.29 is 32.9 Å². The molecule has 0 bridgehead atoms. The minimum absolute atomic E-state index is 0.00210. The van der Waals surface area contributed by atoms with Gasteiger partial charge in [-0.2, -0.15) is 0 Å². The molecule has 322 valence electrons. The van der Waals surface area contributed by atoms with Crippen molar-refractivity contribution in [2.24, 2.45) is 0 Å². The molecule has 0 aliphatic carbocycles. The Hall–Kier alpha value is -0.760. The summed E-state index contributed by atoms with van der Waals surface area (Å²) in [5.41, 5.74) is 0. The first-order valence-electron chi connectivity index (χ1n) is 23.1. The maximum absolute atomic E-state index is 12.9. The van der Waals surface area contributed by atoms with E-state index in [-0.39, 0.29) is 19.1 Å². The van der Waals surface area contributed by atoms with Gasteiger partial charge in [0.2, 0.25) is 5.91 Å². The lowest BCUT2D eigenvalue weighted by atomic mass is 10.0. The van der Waals surface area contributed by atoms with Gasteiger partial charge in [-0.25, -0.2) is 0 Å².